The Morgan fingerprint density at radius 3 is 2.83 bits per heavy atom. The van der Waals surface area contributed by atoms with Gasteiger partial charge in [-0.15, -0.1) is 11.8 Å². The minimum atomic E-state index is -0.564. The third-order valence-corrected chi connectivity index (χ3v) is 5.91. The fourth-order valence-electron chi connectivity index (χ4n) is 3.21. The first kappa shape index (κ1) is 22.4. The van der Waals surface area contributed by atoms with E-state index in [4.69, 9.17) is 18.7 Å². The SMILES string of the molecule is O=C(CSc1ccccc1C(=O)OCc1nc(-c2cccnc2)no1)Nc1ccc2c(c1)OCO2. The van der Waals surface area contributed by atoms with Crippen LogP contribution in [0.4, 0.5) is 5.69 Å². The lowest BCUT2D eigenvalue weighted by atomic mass is 10.2. The molecular formula is C24H18N4O6S. The van der Waals surface area contributed by atoms with Gasteiger partial charge in [-0.25, -0.2) is 4.79 Å². The Balaban J connectivity index is 1.17. The Morgan fingerprint density at radius 2 is 1.94 bits per heavy atom. The molecule has 176 valence electrons. The van der Waals surface area contributed by atoms with E-state index in [1.54, 1.807) is 67.0 Å². The van der Waals surface area contributed by atoms with E-state index in [1.807, 2.05) is 0 Å². The number of amides is 1. The van der Waals surface area contributed by atoms with E-state index in [0.29, 0.717) is 39.0 Å². The van der Waals surface area contributed by atoms with Crippen molar-refractivity contribution >= 4 is 29.3 Å². The van der Waals surface area contributed by atoms with Crippen LogP contribution in [0.5, 0.6) is 11.5 Å². The maximum atomic E-state index is 12.7. The van der Waals surface area contributed by atoms with E-state index in [9.17, 15) is 9.59 Å². The van der Waals surface area contributed by atoms with Crippen LogP contribution in [-0.4, -0.2) is 39.5 Å². The van der Waals surface area contributed by atoms with Crippen LogP contribution in [0.25, 0.3) is 11.4 Å². The van der Waals surface area contributed by atoms with Gasteiger partial charge in [0.25, 0.3) is 5.89 Å². The molecule has 1 aliphatic rings. The van der Waals surface area contributed by atoms with E-state index < -0.39 is 5.97 Å². The number of thioether (sulfide) groups is 1. The number of aromatic nitrogens is 3. The number of nitrogens with one attached hydrogen (secondary N) is 1. The Bertz CT molecular complexity index is 1360. The summed E-state index contributed by atoms with van der Waals surface area (Å²) in [6, 6.07) is 15.6. The molecule has 1 aliphatic heterocycles. The van der Waals surface area contributed by atoms with E-state index in [1.165, 1.54) is 11.8 Å². The first-order valence-electron chi connectivity index (χ1n) is 10.5. The van der Waals surface area contributed by atoms with Crippen LogP contribution in [0.1, 0.15) is 16.2 Å². The minimum Gasteiger partial charge on any atom is -0.454 e. The lowest BCUT2D eigenvalue weighted by Crippen LogP contribution is -2.14. The van der Waals surface area contributed by atoms with Crippen molar-refractivity contribution in [1.82, 2.24) is 15.1 Å². The largest absolute Gasteiger partial charge is 0.454 e. The van der Waals surface area contributed by atoms with Crippen molar-refractivity contribution in [2.24, 2.45) is 0 Å². The van der Waals surface area contributed by atoms with Gasteiger partial charge in [0.2, 0.25) is 18.5 Å². The third-order valence-electron chi connectivity index (χ3n) is 4.84. The number of benzene rings is 2. The number of fused-ring (bicyclic) bond motifs is 1. The lowest BCUT2D eigenvalue weighted by molar-refractivity contribution is -0.113. The molecule has 0 atom stereocenters. The molecule has 3 heterocycles. The molecule has 2 aromatic heterocycles. The Morgan fingerprint density at radius 1 is 1.06 bits per heavy atom. The Hall–Kier alpha value is -4.38. The number of anilines is 1. The smallest absolute Gasteiger partial charge is 0.339 e. The van der Waals surface area contributed by atoms with E-state index in [-0.39, 0.29) is 31.0 Å². The van der Waals surface area contributed by atoms with Gasteiger partial charge in [0.1, 0.15) is 0 Å². The molecule has 4 aromatic rings. The third kappa shape index (κ3) is 5.41. The summed E-state index contributed by atoms with van der Waals surface area (Å²) in [7, 11) is 0. The standard InChI is InChI=1S/C24H18N4O6S/c29-21(26-16-7-8-18-19(10-16)33-14-32-18)13-35-20-6-2-1-5-17(20)24(30)31-12-22-27-23(28-34-22)15-4-3-9-25-11-15/h1-11H,12-14H2,(H,26,29). The molecule has 11 heteroatoms. The molecule has 2 aromatic carbocycles. The molecular weight excluding hydrogens is 472 g/mol. The van der Waals surface area contributed by atoms with Crippen LogP contribution < -0.4 is 14.8 Å². The van der Waals surface area contributed by atoms with Gasteiger partial charge < -0.3 is 24.1 Å². The van der Waals surface area contributed by atoms with Crippen LogP contribution >= 0.6 is 11.8 Å². The number of carbonyl (C=O) groups is 2. The molecule has 0 saturated carbocycles. The highest BCUT2D eigenvalue weighted by molar-refractivity contribution is 8.00. The second kappa shape index (κ2) is 10.3. The van der Waals surface area contributed by atoms with Gasteiger partial charge in [-0.05, 0) is 36.4 Å². The second-order valence-electron chi connectivity index (χ2n) is 7.23. The molecule has 0 aliphatic carbocycles. The highest BCUT2D eigenvalue weighted by Gasteiger charge is 2.18. The first-order valence-corrected chi connectivity index (χ1v) is 11.5. The van der Waals surface area contributed by atoms with Gasteiger partial charge in [-0.2, -0.15) is 4.98 Å². The molecule has 35 heavy (non-hydrogen) atoms. The Labute approximate surface area is 203 Å². The molecule has 1 N–H and O–H groups in total. The second-order valence-corrected chi connectivity index (χ2v) is 8.25. The van der Waals surface area contributed by atoms with Crippen molar-refractivity contribution in [2.45, 2.75) is 11.5 Å². The van der Waals surface area contributed by atoms with Crippen molar-refractivity contribution in [3.8, 4) is 22.9 Å². The van der Waals surface area contributed by atoms with E-state index in [2.05, 4.69) is 20.4 Å². The normalized spacial score (nSPS) is 11.8. The number of ether oxygens (including phenoxy) is 3. The summed E-state index contributed by atoms with van der Waals surface area (Å²) < 4.78 is 21.1. The number of nitrogens with zero attached hydrogens (tertiary/aromatic N) is 3. The zero-order valence-electron chi connectivity index (χ0n) is 18.2. The number of rotatable bonds is 8. The average molecular weight is 490 g/mol. The monoisotopic (exact) mass is 490 g/mol. The zero-order valence-corrected chi connectivity index (χ0v) is 19.0. The number of esters is 1. The summed E-state index contributed by atoms with van der Waals surface area (Å²) in [5, 5.41) is 6.69. The number of carbonyl (C=O) groups excluding carboxylic acids is 2. The van der Waals surface area contributed by atoms with E-state index >= 15 is 0 Å². The molecule has 5 rings (SSSR count). The van der Waals surface area contributed by atoms with Crippen LogP contribution in [0.15, 0.2) is 76.4 Å². The number of pyridine rings is 1. The summed E-state index contributed by atoms with van der Waals surface area (Å²) in [5.74, 6) is 1.03. The van der Waals surface area contributed by atoms with Crippen LogP contribution in [0.2, 0.25) is 0 Å². The van der Waals surface area contributed by atoms with Gasteiger partial charge in [0, 0.05) is 34.6 Å². The number of hydrogen-bond donors (Lipinski definition) is 1. The van der Waals surface area contributed by atoms with Crippen molar-refractivity contribution in [1.29, 1.82) is 0 Å². The fourth-order valence-corrected chi connectivity index (χ4v) is 4.05. The fraction of sp³-hybridized carbons (Fsp3) is 0.125. The molecule has 0 fully saturated rings. The summed E-state index contributed by atoms with van der Waals surface area (Å²) in [6.45, 7) is -0.0245. The summed E-state index contributed by atoms with van der Waals surface area (Å²) in [6.07, 6.45) is 3.25. The molecule has 0 bridgehead atoms. The maximum Gasteiger partial charge on any atom is 0.339 e. The first-order chi connectivity index (χ1) is 17.2. The van der Waals surface area contributed by atoms with Crippen LogP contribution in [0.3, 0.4) is 0 Å². The van der Waals surface area contributed by atoms with Crippen molar-refractivity contribution in [3.63, 3.8) is 0 Å². The van der Waals surface area contributed by atoms with Crippen molar-refractivity contribution in [2.75, 3.05) is 17.9 Å². The molecule has 1 amide bonds. The quantitative estimate of drug-likeness (QED) is 0.287. The lowest BCUT2D eigenvalue weighted by Gasteiger charge is -2.09. The van der Waals surface area contributed by atoms with Gasteiger partial charge in [0.15, 0.2) is 18.1 Å². The summed E-state index contributed by atoms with van der Waals surface area (Å²) in [4.78, 5) is 34.0. The maximum absolute atomic E-state index is 12.7. The highest BCUT2D eigenvalue weighted by Crippen LogP contribution is 2.34. The van der Waals surface area contributed by atoms with Gasteiger partial charge in [0.05, 0.1) is 11.3 Å². The average Bonchev–Trinajstić information content (AvgIpc) is 3.56. The molecule has 0 radical (unpaired) electrons. The van der Waals surface area contributed by atoms with Gasteiger partial charge in [-0.1, -0.05) is 17.3 Å². The predicted molar refractivity (Wildman–Crippen MR) is 125 cm³/mol. The topological polar surface area (TPSA) is 126 Å². The number of hydrogen-bond acceptors (Lipinski definition) is 10. The highest BCUT2D eigenvalue weighted by atomic mass is 32.2. The summed E-state index contributed by atoms with van der Waals surface area (Å²) in [5.41, 5.74) is 1.62. The van der Waals surface area contributed by atoms with Crippen molar-refractivity contribution in [3.05, 3.63) is 78.4 Å². The van der Waals surface area contributed by atoms with Crippen LogP contribution in [0, 0.1) is 0 Å². The predicted octanol–water partition coefficient (Wildman–Crippen LogP) is 3.95. The van der Waals surface area contributed by atoms with Gasteiger partial charge in [-0.3, -0.25) is 9.78 Å². The minimum absolute atomic E-state index is 0.0941. The Kier molecular flexibility index (Phi) is 6.57. The summed E-state index contributed by atoms with van der Waals surface area (Å²) >= 11 is 1.22. The van der Waals surface area contributed by atoms with Crippen LogP contribution in [-0.2, 0) is 16.1 Å². The molecule has 0 spiro atoms. The van der Waals surface area contributed by atoms with Crippen molar-refractivity contribution < 1.29 is 28.3 Å². The van der Waals surface area contributed by atoms with E-state index in [0.717, 1.165) is 0 Å². The molecule has 0 unspecified atom stereocenters. The zero-order chi connectivity index (χ0) is 24.0. The van der Waals surface area contributed by atoms with Gasteiger partial charge >= 0.3 is 5.97 Å². The molecule has 0 saturated heterocycles. The molecule has 10 nitrogen and oxygen atoms in total.